The second kappa shape index (κ2) is 5.50. The molecule has 0 spiro atoms. The van der Waals surface area contributed by atoms with E-state index in [0.717, 1.165) is 5.56 Å². The van der Waals surface area contributed by atoms with Crippen LogP contribution in [0.25, 0.3) is 0 Å². The van der Waals surface area contributed by atoms with Gasteiger partial charge in [0.15, 0.2) is 0 Å². The minimum atomic E-state index is 0.108. The van der Waals surface area contributed by atoms with Crippen molar-refractivity contribution >= 4 is 0 Å². The van der Waals surface area contributed by atoms with Crippen molar-refractivity contribution in [3.05, 3.63) is 35.4 Å². The van der Waals surface area contributed by atoms with Crippen molar-refractivity contribution in [3.8, 4) is 6.07 Å². The fourth-order valence-electron chi connectivity index (χ4n) is 1.33. The molecule has 0 radical (unpaired) electrons. The third-order valence-electron chi connectivity index (χ3n) is 2.57. The van der Waals surface area contributed by atoms with Gasteiger partial charge in [0, 0.05) is 12.6 Å². The van der Waals surface area contributed by atoms with Gasteiger partial charge in [-0.2, -0.15) is 5.26 Å². The Balaban J connectivity index is 2.77. The molecule has 1 rings (SSSR count). The zero-order valence-corrected chi connectivity index (χ0v) is 9.14. The van der Waals surface area contributed by atoms with Crippen LogP contribution in [0.2, 0.25) is 0 Å². The highest BCUT2D eigenvalue weighted by molar-refractivity contribution is 5.37. The second-order valence-electron chi connectivity index (χ2n) is 3.72. The van der Waals surface area contributed by atoms with E-state index in [4.69, 9.17) is 10.4 Å². The molecule has 0 aliphatic rings. The molecule has 80 valence electrons. The monoisotopic (exact) mass is 204 g/mol. The molecule has 3 heteroatoms. The molecule has 0 aliphatic heterocycles. The van der Waals surface area contributed by atoms with Crippen molar-refractivity contribution in [1.82, 2.24) is 4.90 Å². The Labute approximate surface area is 90.6 Å². The van der Waals surface area contributed by atoms with E-state index < -0.39 is 0 Å². The van der Waals surface area contributed by atoms with E-state index in [1.54, 1.807) is 0 Å². The Morgan fingerprint density at radius 1 is 1.47 bits per heavy atom. The zero-order chi connectivity index (χ0) is 11.3. The molecule has 15 heavy (non-hydrogen) atoms. The maximum atomic E-state index is 9.00. The Bertz CT molecular complexity index is 357. The molecule has 1 aromatic rings. The predicted molar refractivity (Wildman–Crippen MR) is 59.2 cm³/mol. The van der Waals surface area contributed by atoms with Crippen LogP contribution in [-0.2, 0) is 6.54 Å². The summed E-state index contributed by atoms with van der Waals surface area (Å²) >= 11 is 0. The van der Waals surface area contributed by atoms with Crippen LogP contribution >= 0.6 is 0 Å². The van der Waals surface area contributed by atoms with Crippen molar-refractivity contribution in [2.75, 3.05) is 13.7 Å². The lowest BCUT2D eigenvalue weighted by molar-refractivity contribution is 0.154. The molecular formula is C12H16N2O. The van der Waals surface area contributed by atoms with E-state index in [2.05, 4.69) is 6.07 Å². The maximum absolute atomic E-state index is 9.00. The van der Waals surface area contributed by atoms with Gasteiger partial charge < -0.3 is 5.11 Å². The zero-order valence-electron chi connectivity index (χ0n) is 9.14. The Kier molecular flexibility index (Phi) is 4.29. The van der Waals surface area contributed by atoms with Gasteiger partial charge in [-0.15, -0.1) is 0 Å². The van der Waals surface area contributed by atoms with Crippen molar-refractivity contribution in [2.24, 2.45) is 0 Å². The molecule has 0 amide bonds. The summed E-state index contributed by atoms with van der Waals surface area (Å²) in [6.07, 6.45) is 0. The number of hydrogen-bond acceptors (Lipinski definition) is 3. The van der Waals surface area contributed by atoms with E-state index in [-0.39, 0.29) is 12.6 Å². The predicted octanol–water partition coefficient (Wildman–Crippen LogP) is 1.37. The van der Waals surface area contributed by atoms with Crippen LogP contribution in [0.15, 0.2) is 24.3 Å². The lowest BCUT2D eigenvalue weighted by atomic mass is 10.1. The van der Waals surface area contributed by atoms with Crippen molar-refractivity contribution in [2.45, 2.75) is 19.5 Å². The summed E-state index contributed by atoms with van der Waals surface area (Å²) in [5, 5.41) is 17.9. The Morgan fingerprint density at radius 2 is 2.13 bits per heavy atom. The number of hydrogen-bond donors (Lipinski definition) is 1. The third kappa shape index (κ3) is 3.05. The Morgan fingerprint density at radius 3 is 2.73 bits per heavy atom. The fourth-order valence-corrected chi connectivity index (χ4v) is 1.33. The van der Waals surface area contributed by atoms with E-state index in [1.165, 1.54) is 0 Å². The molecule has 0 aliphatic carbocycles. The molecule has 1 unspecified atom stereocenters. The molecule has 1 atom stereocenters. The van der Waals surface area contributed by atoms with Gasteiger partial charge in [-0.3, -0.25) is 4.90 Å². The SMILES string of the molecule is CC(CO)N(C)Cc1ccccc1C#N. The van der Waals surface area contributed by atoms with Gasteiger partial charge in [0.2, 0.25) is 0 Å². The normalized spacial score (nSPS) is 12.5. The lowest BCUT2D eigenvalue weighted by Crippen LogP contribution is -2.31. The van der Waals surface area contributed by atoms with Crippen LogP contribution in [0.5, 0.6) is 0 Å². The number of likely N-dealkylation sites (N-methyl/N-ethyl adjacent to an activating group) is 1. The number of nitrogens with zero attached hydrogens (tertiary/aromatic N) is 2. The number of benzene rings is 1. The van der Waals surface area contributed by atoms with Gasteiger partial charge in [-0.05, 0) is 25.6 Å². The average molecular weight is 204 g/mol. The summed E-state index contributed by atoms with van der Waals surface area (Å²) < 4.78 is 0. The molecule has 3 nitrogen and oxygen atoms in total. The number of rotatable bonds is 4. The first-order valence-corrected chi connectivity index (χ1v) is 4.98. The highest BCUT2D eigenvalue weighted by atomic mass is 16.3. The fraction of sp³-hybridized carbons (Fsp3) is 0.417. The molecule has 1 N–H and O–H groups in total. The topological polar surface area (TPSA) is 47.3 Å². The minimum absolute atomic E-state index is 0.108. The summed E-state index contributed by atoms with van der Waals surface area (Å²) in [4.78, 5) is 2.02. The summed E-state index contributed by atoms with van der Waals surface area (Å²) in [6, 6.07) is 9.82. The maximum Gasteiger partial charge on any atom is 0.0995 e. The largest absolute Gasteiger partial charge is 0.395 e. The second-order valence-corrected chi connectivity index (χ2v) is 3.72. The van der Waals surface area contributed by atoms with Crippen LogP contribution in [0.4, 0.5) is 0 Å². The molecule has 0 aromatic heterocycles. The van der Waals surface area contributed by atoms with Gasteiger partial charge >= 0.3 is 0 Å². The number of nitriles is 1. The van der Waals surface area contributed by atoms with Gasteiger partial charge in [-0.1, -0.05) is 18.2 Å². The summed E-state index contributed by atoms with van der Waals surface area (Å²) in [5.74, 6) is 0. The van der Waals surface area contributed by atoms with E-state index >= 15 is 0 Å². The van der Waals surface area contributed by atoms with Gasteiger partial charge in [0.1, 0.15) is 0 Å². The molecule has 0 bridgehead atoms. The first-order valence-electron chi connectivity index (χ1n) is 4.98. The molecule has 1 aromatic carbocycles. The summed E-state index contributed by atoms with van der Waals surface area (Å²) in [5.41, 5.74) is 1.71. The van der Waals surface area contributed by atoms with Crippen LogP contribution in [0, 0.1) is 11.3 Å². The van der Waals surface area contributed by atoms with Crippen molar-refractivity contribution in [1.29, 1.82) is 5.26 Å². The number of aliphatic hydroxyl groups is 1. The molecule has 0 heterocycles. The van der Waals surface area contributed by atoms with Gasteiger partial charge in [-0.25, -0.2) is 0 Å². The summed E-state index contributed by atoms with van der Waals surface area (Å²) in [6.45, 7) is 2.77. The van der Waals surface area contributed by atoms with E-state index in [0.29, 0.717) is 12.1 Å². The van der Waals surface area contributed by atoms with E-state index in [1.807, 2.05) is 43.1 Å². The molecular weight excluding hydrogens is 188 g/mol. The highest BCUT2D eigenvalue weighted by Gasteiger charge is 2.10. The molecule has 0 saturated heterocycles. The van der Waals surface area contributed by atoms with Crippen LogP contribution in [-0.4, -0.2) is 29.7 Å². The van der Waals surface area contributed by atoms with Crippen molar-refractivity contribution < 1.29 is 5.11 Å². The minimum Gasteiger partial charge on any atom is -0.395 e. The Hall–Kier alpha value is -1.37. The van der Waals surface area contributed by atoms with Gasteiger partial charge in [0.05, 0.1) is 18.2 Å². The molecule has 0 fully saturated rings. The third-order valence-corrected chi connectivity index (χ3v) is 2.57. The van der Waals surface area contributed by atoms with Gasteiger partial charge in [0.25, 0.3) is 0 Å². The lowest BCUT2D eigenvalue weighted by Gasteiger charge is -2.23. The standard InChI is InChI=1S/C12H16N2O/c1-10(9-15)14(2)8-12-6-4-3-5-11(12)7-13/h3-6,10,15H,8-9H2,1-2H3. The van der Waals surface area contributed by atoms with Crippen molar-refractivity contribution in [3.63, 3.8) is 0 Å². The summed E-state index contributed by atoms with van der Waals surface area (Å²) in [7, 11) is 1.94. The van der Waals surface area contributed by atoms with E-state index in [9.17, 15) is 0 Å². The smallest absolute Gasteiger partial charge is 0.0995 e. The first-order chi connectivity index (χ1) is 7.19. The van der Waals surface area contributed by atoms with Crippen LogP contribution in [0.3, 0.4) is 0 Å². The van der Waals surface area contributed by atoms with Crippen LogP contribution in [0.1, 0.15) is 18.1 Å². The quantitative estimate of drug-likeness (QED) is 0.805. The highest BCUT2D eigenvalue weighted by Crippen LogP contribution is 2.11. The average Bonchev–Trinajstić information content (AvgIpc) is 2.28. The number of aliphatic hydroxyl groups excluding tert-OH is 1. The molecule has 0 saturated carbocycles. The first kappa shape index (κ1) is 11.7. The van der Waals surface area contributed by atoms with Crippen LogP contribution < -0.4 is 0 Å².